The minimum Gasteiger partial charge on any atom is -0.472 e. The van der Waals surface area contributed by atoms with Crippen LogP contribution in [0.4, 0.5) is 0 Å². The Bertz CT molecular complexity index is 243. The molecule has 2 unspecified atom stereocenters. The van der Waals surface area contributed by atoms with Crippen molar-refractivity contribution in [1.29, 1.82) is 0 Å². The summed E-state index contributed by atoms with van der Waals surface area (Å²) in [5, 5.41) is 3.40. The zero-order chi connectivity index (χ0) is 9.10. The summed E-state index contributed by atoms with van der Waals surface area (Å²) in [5.74, 6) is 0.808. The van der Waals surface area contributed by atoms with Crippen molar-refractivity contribution in [1.82, 2.24) is 5.32 Å². The van der Waals surface area contributed by atoms with Crippen molar-refractivity contribution in [3.63, 3.8) is 0 Å². The molecule has 1 aliphatic carbocycles. The third-order valence-corrected chi connectivity index (χ3v) is 3.11. The lowest BCUT2D eigenvalue weighted by atomic mass is 9.96. The van der Waals surface area contributed by atoms with Gasteiger partial charge in [-0.25, -0.2) is 0 Å². The molecule has 2 nitrogen and oxygen atoms in total. The van der Waals surface area contributed by atoms with Crippen molar-refractivity contribution in [2.24, 2.45) is 5.92 Å². The standard InChI is InChI=1S/C11H17NO/c1-12-11-4-2-3-10(11)7-9-5-6-13-8-9/h5-6,8,10-12H,2-4,7H2,1H3. The van der Waals surface area contributed by atoms with Gasteiger partial charge in [0.25, 0.3) is 0 Å². The molecule has 2 rings (SSSR count). The molecule has 1 fully saturated rings. The van der Waals surface area contributed by atoms with Crippen LogP contribution in [0.3, 0.4) is 0 Å². The number of hydrogen-bond acceptors (Lipinski definition) is 2. The third-order valence-electron chi connectivity index (χ3n) is 3.11. The first-order chi connectivity index (χ1) is 6.40. The lowest BCUT2D eigenvalue weighted by molar-refractivity contribution is 0.422. The Balaban J connectivity index is 1.94. The zero-order valence-electron chi connectivity index (χ0n) is 8.12. The molecule has 0 radical (unpaired) electrons. The van der Waals surface area contributed by atoms with E-state index in [1.165, 1.54) is 31.2 Å². The topological polar surface area (TPSA) is 25.2 Å². The van der Waals surface area contributed by atoms with Gasteiger partial charge in [-0.15, -0.1) is 0 Å². The lowest BCUT2D eigenvalue weighted by Gasteiger charge is -2.17. The summed E-state index contributed by atoms with van der Waals surface area (Å²) in [4.78, 5) is 0. The van der Waals surface area contributed by atoms with Crippen LogP contribution < -0.4 is 5.32 Å². The molecule has 1 aromatic heterocycles. The highest BCUT2D eigenvalue weighted by Crippen LogP contribution is 2.28. The number of hydrogen-bond donors (Lipinski definition) is 1. The fraction of sp³-hybridized carbons (Fsp3) is 0.636. The highest BCUT2D eigenvalue weighted by molar-refractivity contribution is 5.07. The fourth-order valence-electron chi connectivity index (χ4n) is 2.37. The Hall–Kier alpha value is -0.760. The summed E-state index contributed by atoms with van der Waals surface area (Å²) < 4.78 is 5.07. The molecule has 72 valence electrons. The molecule has 1 aromatic rings. The van der Waals surface area contributed by atoms with E-state index in [1.54, 1.807) is 6.26 Å². The van der Waals surface area contributed by atoms with Crippen LogP contribution in [-0.4, -0.2) is 13.1 Å². The monoisotopic (exact) mass is 179 g/mol. The van der Waals surface area contributed by atoms with Crippen LogP contribution in [0.15, 0.2) is 23.0 Å². The van der Waals surface area contributed by atoms with Crippen molar-refractivity contribution < 1.29 is 4.42 Å². The van der Waals surface area contributed by atoms with E-state index in [-0.39, 0.29) is 0 Å². The summed E-state index contributed by atoms with van der Waals surface area (Å²) >= 11 is 0. The van der Waals surface area contributed by atoms with Crippen LogP contribution in [0.2, 0.25) is 0 Å². The summed E-state index contributed by atoms with van der Waals surface area (Å²) in [6.45, 7) is 0. The molecule has 0 aliphatic heterocycles. The molecule has 1 N–H and O–H groups in total. The number of furan rings is 1. The van der Waals surface area contributed by atoms with Gasteiger partial charge in [-0.3, -0.25) is 0 Å². The molecule has 0 spiro atoms. The van der Waals surface area contributed by atoms with E-state index in [0.717, 1.165) is 12.0 Å². The highest BCUT2D eigenvalue weighted by atomic mass is 16.3. The average molecular weight is 179 g/mol. The quantitative estimate of drug-likeness (QED) is 0.769. The third kappa shape index (κ3) is 1.94. The Kier molecular flexibility index (Phi) is 2.69. The van der Waals surface area contributed by atoms with Crippen LogP contribution >= 0.6 is 0 Å². The Morgan fingerprint density at radius 1 is 1.54 bits per heavy atom. The Morgan fingerprint density at radius 2 is 2.46 bits per heavy atom. The molecular formula is C11H17NO. The smallest absolute Gasteiger partial charge is 0.0934 e. The predicted octanol–water partition coefficient (Wildman–Crippen LogP) is 2.21. The van der Waals surface area contributed by atoms with Crippen LogP contribution in [0.5, 0.6) is 0 Å². The predicted molar refractivity (Wildman–Crippen MR) is 52.6 cm³/mol. The summed E-state index contributed by atoms with van der Waals surface area (Å²) in [7, 11) is 2.07. The molecule has 0 saturated heterocycles. The van der Waals surface area contributed by atoms with Gasteiger partial charge in [0.15, 0.2) is 0 Å². The normalized spacial score (nSPS) is 28.1. The molecule has 2 atom stereocenters. The molecule has 1 aliphatic rings. The minimum atomic E-state index is 0.717. The van der Waals surface area contributed by atoms with Crippen LogP contribution in [-0.2, 0) is 6.42 Å². The van der Waals surface area contributed by atoms with Crippen molar-refractivity contribution in [3.8, 4) is 0 Å². The Morgan fingerprint density at radius 3 is 3.15 bits per heavy atom. The van der Waals surface area contributed by atoms with Gasteiger partial charge in [-0.1, -0.05) is 6.42 Å². The summed E-state index contributed by atoms with van der Waals surface area (Å²) in [6.07, 6.45) is 8.86. The van der Waals surface area contributed by atoms with Gasteiger partial charge in [-0.2, -0.15) is 0 Å². The van der Waals surface area contributed by atoms with Gasteiger partial charge in [0, 0.05) is 6.04 Å². The average Bonchev–Trinajstić information content (AvgIpc) is 2.76. The highest BCUT2D eigenvalue weighted by Gasteiger charge is 2.25. The summed E-state index contributed by atoms with van der Waals surface area (Å²) in [5.41, 5.74) is 1.34. The van der Waals surface area contributed by atoms with Crippen LogP contribution in [0, 0.1) is 5.92 Å². The van der Waals surface area contributed by atoms with E-state index in [1.807, 2.05) is 6.26 Å². The SMILES string of the molecule is CNC1CCCC1Cc1ccoc1. The Labute approximate surface area is 79.3 Å². The summed E-state index contributed by atoms with van der Waals surface area (Å²) in [6, 6.07) is 2.79. The van der Waals surface area contributed by atoms with E-state index in [9.17, 15) is 0 Å². The molecule has 13 heavy (non-hydrogen) atoms. The molecule has 1 heterocycles. The zero-order valence-corrected chi connectivity index (χ0v) is 8.12. The maximum Gasteiger partial charge on any atom is 0.0934 e. The van der Waals surface area contributed by atoms with Gasteiger partial charge in [-0.05, 0) is 43.9 Å². The molecule has 1 saturated carbocycles. The van der Waals surface area contributed by atoms with Crippen molar-refractivity contribution >= 4 is 0 Å². The van der Waals surface area contributed by atoms with Crippen LogP contribution in [0.1, 0.15) is 24.8 Å². The molecule has 2 heteroatoms. The second-order valence-corrected chi connectivity index (χ2v) is 3.92. The lowest BCUT2D eigenvalue weighted by Crippen LogP contribution is -2.29. The van der Waals surface area contributed by atoms with Crippen LogP contribution in [0.25, 0.3) is 0 Å². The molecular weight excluding hydrogens is 162 g/mol. The van der Waals surface area contributed by atoms with Crippen molar-refractivity contribution in [2.75, 3.05) is 7.05 Å². The second-order valence-electron chi connectivity index (χ2n) is 3.92. The first-order valence-electron chi connectivity index (χ1n) is 5.08. The van der Waals surface area contributed by atoms with E-state index >= 15 is 0 Å². The van der Waals surface area contributed by atoms with Gasteiger partial charge < -0.3 is 9.73 Å². The maximum atomic E-state index is 5.07. The second kappa shape index (κ2) is 3.97. The van der Waals surface area contributed by atoms with Crippen molar-refractivity contribution in [3.05, 3.63) is 24.2 Å². The molecule has 0 amide bonds. The fourth-order valence-corrected chi connectivity index (χ4v) is 2.37. The van der Waals surface area contributed by atoms with E-state index in [4.69, 9.17) is 4.42 Å². The van der Waals surface area contributed by atoms with Gasteiger partial charge in [0.1, 0.15) is 0 Å². The molecule has 0 aromatic carbocycles. The first-order valence-corrected chi connectivity index (χ1v) is 5.08. The van der Waals surface area contributed by atoms with E-state index in [0.29, 0.717) is 0 Å². The van der Waals surface area contributed by atoms with E-state index in [2.05, 4.69) is 18.4 Å². The number of nitrogens with one attached hydrogen (secondary N) is 1. The first kappa shape index (κ1) is 8.82. The van der Waals surface area contributed by atoms with Crippen molar-refractivity contribution in [2.45, 2.75) is 31.7 Å². The van der Waals surface area contributed by atoms with Gasteiger partial charge in [0.05, 0.1) is 12.5 Å². The van der Waals surface area contributed by atoms with Gasteiger partial charge >= 0.3 is 0 Å². The minimum absolute atomic E-state index is 0.717. The van der Waals surface area contributed by atoms with E-state index < -0.39 is 0 Å². The van der Waals surface area contributed by atoms with Gasteiger partial charge in [0.2, 0.25) is 0 Å². The number of rotatable bonds is 3. The maximum absolute atomic E-state index is 5.07. The largest absolute Gasteiger partial charge is 0.472 e. The molecule has 0 bridgehead atoms.